The minimum atomic E-state index is -0.0344. The Morgan fingerprint density at radius 2 is 2.04 bits per heavy atom. The van der Waals surface area contributed by atoms with Crippen LogP contribution in [0.5, 0.6) is 0 Å². The fourth-order valence-electron chi connectivity index (χ4n) is 3.50. The summed E-state index contributed by atoms with van der Waals surface area (Å²) < 4.78 is 1.82. The Morgan fingerprint density at radius 1 is 1.25 bits per heavy atom. The van der Waals surface area contributed by atoms with Crippen molar-refractivity contribution in [2.45, 2.75) is 45.2 Å². The number of amides is 1. The Bertz CT molecular complexity index is 765. The summed E-state index contributed by atoms with van der Waals surface area (Å²) >= 11 is 0. The van der Waals surface area contributed by atoms with E-state index in [2.05, 4.69) is 30.6 Å². The number of likely N-dealkylation sites (N-methyl/N-ethyl adjacent to an activating group) is 1. The summed E-state index contributed by atoms with van der Waals surface area (Å²) in [5, 5.41) is 10.8. The molecular weight excluding hydrogens is 354 g/mol. The molecule has 2 aromatic heterocycles. The predicted molar refractivity (Wildman–Crippen MR) is 109 cm³/mol. The second-order valence-electron chi connectivity index (χ2n) is 7.91. The molecule has 2 heterocycles. The lowest BCUT2D eigenvalue weighted by Gasteiger charge is -2.29. The summed E-state index contributed by atoms with van der Waals surface area (Å²) in [6.07, 6.45) is 9.45. The van der Waals surface area contributed by atoms with Gasteiger partial charge in [0.15, 0.2) is 0 Å². The minimum absolute atomic E-state index is 0.0344. The van der Waals surface area contributed by atoms with Gasteiger partial charge in [0.2, 0.25) is 0 Å². The van der Waals surface area contributed by atoms with Crippen LogP contribution in [0, 0.1) is 12.8 Å². The highest BCUT2D eigenvalue weighted by atomic mass is 16.1. The molecule has 0 saturated heterocycles. The van der Waals surface area contributed by atoms with Crippen molar-refractivity contribution in [3.05, 3.63) is 36.0 Å². The van der Waals surface area contributed by atoms with Gasteiger partial charge in [0.05, 0.1) is 18.3 Å². The minimum Gasteiger partial charge on any atom is -0.367 e. The van der Waals surface area contributed by atoms with Gasteiger partial charge in [-0.15, -0.1) is 0 Å². The average molecular weight is 386 g/mol. The lowest BCUT2D eigenvalue weighted by molar-refractivity contribution is 0.0943. The Balaban J connectivity index is 1.38. The quantitative estimate of drug-likeness (QED) is 0.722. The molecule has 2 N–H and O–H groups in total. The fourth-order valence-corrected chi connectivity index (χ4v) is 3.50. The summed E-state index contributed by atoms with van der Waals surface area (Å²) in [6, 6.07) is 2.42. The third-order valence-electron chi connectivity index (χ3n) is 5.23. The van der Waals surface area contributed by atoms with Crippen LogP contribution in [0.3, 0.4) is 0 Å². The zero-order chi connectivity index (χ0) is 19.9. The number of hydrogen-bond acceptors (Lipinski definition) is 6. The Morgan fingerprint density at radius 3 is 2.75 bits per heavy atom. The van der Waals surface area contributed by atoms with Gasteiger partial charge < -0.3 is 15.5 Å². The highest BCUT2D eigenvalue weighted by Gasteiger charge is 2.22. The average Bonchev–Trinajstić information content (AvgIpc) is 3.15. The van der Waals surface area contributed by atoms with Crippen LogP contribution in [-0.4, -0.2) is 63.8 Å². The third kappa shape index (κ3) is 6.02. The molecule has 28 heavy (non-hydrogen) atoms. The van der Waals surface area contributed by atoms with Crippen LogP contribution < -0.4 is 10.6 Å². The number of aromatic nitrogens is 4. The predicted octanol–water partition coefficient (Wildman–Crippen LogP) is 1.94. The van der Waals surface area contributed by atoms with Crippen molar-refractivity contribution in [1.82, 2.24) is 30.0 Å². The lowest BCUT2D eigenvalue weighted by atomic mass is 9.86. The maximum absolute atomic E-state index is 12.4. The van der Waals surface area contributed by atoms with E-state index in [4.69, 9.17) is 0 Å². The monoisotopic (exact) mass is 385 g/mol. The van der Waals surface area contributed by atoms with E-state index >= 15 is 0 Å². The van der Waals surface area contributed by atoms with Gasteiger partial charge in [0.25, 0.3) is 5.91 Å². The summed E-state index contributed by atoms with van der Waals surface area (Å²) in [4.78, 5) is 22.9. The van der Waals surface area contributed by atoms with E-state index in [9.17, 15) is 4.79 Å². The molecule has 0 radical (unpaired) electrons. The van der Waals surface area contributed by atoms with Crippen molar-refractivity contribution in [1.29, 1.82) is 0 Å². The first-order valence-corrected chi connectivity index (χ1v) is 10.00. The molecule has 152 valence electrons. The fraction of sp³-hybridized carbons (Fsp3) is 0.600. The molecule has 0 aliphatic heterocycles. The molecule has 0 aromatic carbocycles. The highest BCUT2D eigenvalue weighted by Crippen LogP contribution is 2.25. The van der Waals surface area contributed by atoms with Crippen LogP contribution in [-0.2, 0) is 6.54 Å². The van der Waals surface area contributed by atoms with E-state index in [0.29, 0.717) is 17.5 Å². The molecule has 8 nitrogen and oxygen atoms in total. The van der Waals surface area contributed by atoms with E-state index in [-0.39, 0.29) is 5.91 Å². The van der Waals surface area contributed by atoms with Crippen LogP contribution in [0.15, 0.2) is 24.8 Å². The van der Waals surface area contributed by atoms with Gasteiger partial charge in [0.1, 0.15) is 12.1 Å². The van der Waals surface area contributed by atoms with E-state index in [1.54, 1.807) is 12.5 Å². The van der Waals surface area contributed by atoms with Crippen LogP contribution in [0.4, 0.5) is 5.82 Å². The van der Waals surface area contributed by atoms with Gasteiger partial charge in [-0.05, 0) is 52.6 Å². The van der Waals surface area contributed by atoms with Gasteiger partial charge in [-0.25, -0.2) is 9.97 Å². The molecule has 3 rings (SSSR count). The number of nitrogens with zero attached hydrogens (tertiary/aromatic N) is 5. The van der Waals surface area contributed by atoms with Crippen LogP contribution in [0.2, 0.25) is 0 Å². The molecule has 2 aromatic rings. The molecule has 8 heteroatoms. The van der Waals surface area contributed by atoms with Crippen LogP contribution in [0.25, 0.3) is 0 Å². The van der Waals surface area contributed by atoms with Crippen molar-refractivity contribution >= 4 is 11.7 Å². The zero-order valence-corrected chi connectivity index (χ0v) is 17.1. The molecule has 1 aliphatic carbocycles. The number of anilines is 1. The largest absolute Gasteiger partial charge is 0.367 e. The molecule has 1 amide bonds. The van der Waals surface area contributed by atoms with Crippen molar-refractivity contribution < 1.29 is 4.79 Å². The molecule has 0 spiro atoms. The van der Waals surface area contributed by atoms with Gasteiger partial charge >= 0.3 is 0 Å². The molecule has 1 saturated carbocycles. The van der Waals surface area contributed by atoms with Crippen molar-refractivity contribution in [3.63, 3.8) is 0 Å². The maximum Gasteiger partial charge on any atom is 0.254 e. The molecule has 0 atom stereocenters. The van der Waals surface area contributed by atoms with E-state index < -0.39 is 0 Å². The molecular formula is C20H31N7O. The number of aryl methyl sites for hydroxylation is 1. The van der Waals surface area contributed by atoms with E-state index in [1.165, 1.54) is 0 Å². The SMILES string of the molecule is Cc1cc(NC2CCC(CNC(=O)c3cnn(CCN(C)C)c3)CC2)ncn1. The van der Waals surface area contributed by atoms with Gasteiger partial charge in [0, 0.05) is 37.1 Å². The second-order valence-corrected chi connectivity index (χ2v) is 7.91. The highest BCUT2D eigenvalue weighted by molar-refractivity contribution is 5.93. The first kappa shape index (κ1) is 20.3. The van der Waals surface area contributed by atoms with Crippen molar-refractivity contribution in [2.24, 2.45) is 5.92 Å². The Hall–Kier alpha value is -2.48. The maximum atomic E-state index is 12.4. The normalized spacial score (nSPS) is 19.6. The number of rotatable bonds is 8. The summed E-state index contributed by atoms with van der Waals surface area (Å²) in [6.45, 7) is 4.37. The third-order valence-corrected chi connectivity index (χ3v) is 5.23. The van der Waals surface area contributed by atoms with Crippen LogP contribution in [0.1, 0.15) is 41.7 Å². The Labute approximate surface area is 166 Å². The summed E-state index contributed by atoms with van der Waals surface area (Å²) in [5.41, 5.74) is 1.60. The number of carbonyl (C=O) groups is 1. The molecule has 0 unspecified atom stereocenters. The smallest absolute Gasteiger partial charge is 0.254 e. The van der Waals surface area contributed by atoms with Crippen LogP contribution >= 0.6 is 0 Å². The molecule has 1 fully saturated rings. The van der Waals surface area contributed by atoms with Gasteiger partial charge in [-0.3, -0.25) is 9.48 Å². The standard InChI is InChI=1S/C20H31N7O/c1-15-10-19(23-14-22-15)25-18-6-4-16(5-7-18)11-21-20(28)17-12-24-27(13-17)9-8-26(2)3/h10,12-14,16,18H,4-9,11H2,1-3H3,(H,21,28)(H,22,23,25). The second kappa shape index (κ2) is 9.64. The molecule has 1 aliphatic rings. The van der Waals surface area contributed by atoms with E-state index in [0.717, 1.165) is 56.8 Å². The first-order valence-electron chi connectivity index (χ1n) is 10.00. The molecule has 0 bridgehead atoms. The number of carbonyl (C=O) groups excluding carboxylic acids is 1. The van der Waals surface area contributed by atoms with Gasteiger partial charge in [-0.2, -0.15) is 5.10 Å². The van der Waals surface area contributed by atoms with Gasteiger partial charge in [-0.1, -0.05) is 0 Å². The summed E-state index contributed by atoms with van der Waals surface area (Å²) in [5.74, 6) is 1.39. The summed E-state index contributed by atoms with van der Waals surface area (Å²) in [7, 11) is 4.05. The first-order chi connectivity index (χ1) is 13.5. The lowest BCUT2D eigenvalue weighted by Crippen LogP contribution is -2.34. The number of nitrogens with one attached hydrogen (secondary N) is 2. The zero-order valence-electron chi connectivity index (χ0n) is 17.1. The van der Waals surface area contributed by atoms with E-state index in [1.807, 2.05) is 38.0 Å². The Kier molecular flexibility index (Phi) is 6.97. The topological polar surface area (TPSA) is 88.0 Å². The van der Waals surface area contributed by atoms with Crippen molar-refractivity contribution in [2.75, 3.05) is 32.5 Å². The number of hydrogen-bond donors (Lipinski definition) is 2. The van der Waals surface area contributed by atoms with Crippen molar-refractivity contribution in [3.8, 4) is 0 Å².